The number of rotatable bonds is 56. The van der Waals surface area contributed by atoms with Gasteiger partial charge in [0.1, 0.15) is 13.2 Å². The summed E-state index contributed by atoms with van der Waals surface area (Å²) in [7, 11) is 0. The van der Waals surface area contributed by atoms with Crippen LogP contribution in [-0.4, -0.2) is 37.2 Å². The highest BCUT2D eigenvalue weighted by Crippen LogP contribution is 2.16. The zero-order valence-electron chi connectivity index (χ0n) is 48.6. The van der Waals surface area contributed by atoms with E-state index in [2.05, 4.69) is 118 Å². The van der Waals surface area contributed by atoms with Gasteiger partial charge in [0.2, 0.25) is 0 Å². The fourth-order valence-corrected chi connectivity index (χ4v) is 8.64. The minimum atomic E-state index is -0.781. The van der Waals surface area contributed by atoms with Crippen LogP contribution in [-0.2, 0) is 28.6 Å². The lowest BCUT2D eigenvalue weighted by molar-refractivity contribution is -0.167. The van der Waals surface area contributed by atoms with E-state index in [4.69, 9.17) is 14.2 Å². The summed E-state index contributed by atoms with van der Waals surface area (Å²) in [5.41, 5.74) is 0. The van der Waals surface area contributed by atoms with Crippen LogP contribution in [0.5, 0.6) is 0 Å². The van der Waals surface area contributed by atoms with Gasteiger partial charge in [0.05, 0.1) is 0 Å². The molecule has 1 unspecified atom stereocenters. The Morgan fingerprint density at radius 2 is 0.541 bits per heavy atom. The van der Waals surface area contributed by atoms with Gasteiger partial charge in [-0.05, 0) is 96.3 Å². The van der Waals surface area contributed by atoms with Crippen molar-refractivity contribution in [2.45, 2.75) is 303 Å². The summed E-state index contributed by atoms with van der Waals surface area (Å²) < 4.78 is 16.9. The Labute approximate surface area is 457 Å². The molecule has 0 saturated heterocycles. The third kappa shape index (κ3) is 59.2. The van der Waals surface area contributed by atoms with Crippen LogP contribution in [0.15, 0.2) is 97.2 Å². The van der Waals surface area contributed by atoms with Crippen molar-refractivity contribution in [3.05, 3.63) is 97.2 Å². The molecule has 0 aromatic heterocycles. The second-order valence-electron chi connectivity index (χ2n) is 20.6. The van der Waals surface area contributed by atoms with E-state index >= 15 is 0 Å². The number of esters is 3. The summed E-state index contributed by atoms with van der Waals surface area (Å²) in [6, 6.07) is 0. The molecule has 0 aromatic carbocycles. The zero-order valence-corrected chi connectivity index (χ0v) is 48.6. The predicted molar refractivity (Wildman–Crippen MR) is 320 cm³/mol. The highest BCUT2D eigenvalue weighted by atomic mass is 16.6. The number of hydrogen-bond acceptors (Lipinski definition) is 6. The van der Waals surface area contributed by atoms with Crippen LogP contribution in [0.25, 0.3) is 0 Å². The highest BCUT2D eigenvalue weighted by molar-refractivity contribution is 5.71. The Balaban J connectivity index is 4.21. The molecule has 1 atom stereocenters. The van der Waals surface area contributed by atoms with Crippen LogP contribution in [0.2, 0.25) is 0 Å². The van der Waals surface area contributed by atoms with Crippen molar-refractivity contribution in [1.82, 2.24) is 0 Å². The fourth-order valence-electron chi connectivity index (χ4n) is 8.64. The van der Waals surface area contributed by atoms with Gasteiger partial charge < -0.3 is 14.2 Å². The van der Waals surface area contributed by atoms with Gasteiger partial charge in [-0.3, -0.25) is 14.4 Å². The van der Waals surface area contributed by atoms with Crippen molar-refractivity contribution in [3.63, 3.8) is 0 Å². The van der Waals surface area contributed by atoms with E-state index in [0.717, 1.165) is 116 Å². The van der Waals surface area contributed by atoms with Crippen molar-refractivity contribution in [3.8, 4) is 0 Å². The largest absolute Gasteiger partial charge is 0.462 e. The first-order valence-electron chi connectivity index (χ1n) is 31.2. The molecule has 0 aromatic rings. The van der Waals surface area contributed by atoms with E-state index in [9.17, 15) is 14.4 Å². The molecule has 0 heterocycles. The molecule has 0 aliphatic heterocycles. The van der Waals surface area contributed by atoms with Crippen molar-refractivity contribution in [2.75, 3.05) is 13.2 Å². The van der Waals surface area contributed by atoms with E-state index in [0.29, 0.717) is 19.3 Å². The summed E-state index contributed by atoms with van der Waals surface area (Å²) in [5, 5.41) is 0. The van der Waals surface area contributed by atoms with Gasteiger partial charge in [-0.1, -0.05) is 279 Å². The van der Waals surface area contributed by atoms with Crippen LogP contribution >= 0.6 is 0 Å². The van der Waals surface area contributed by atoms with Gasteiger partial charge in [-0.15, -0.1) is 0 Å². The van der Waals surface area contributed by atoms with Crippen molar-refractivity contribution >= 4 is 17.9 Å². The van der Waals surface area contributed by atoms with E-state index < -0.39 is 6.10 Å². The van der Waals surface area contributed by atoms with Gasteiger partial charge in [0.15, 0.2) is 6.10 Å². The fraction of sp³-hybridized carbons (Fsp3) is 0.721. The van der Waals surface area contributed by atoms with Crippen LogP contribution in [0.4, 0.5) is 0 Å². The lowest BCUT2D eigenvalue weighted by atomic mass is 10.0. The van der Waals surface area contributed by atoms with Crippen molar-refractivity contribution in [2.24, 2.45) is 0 Å². The summed E-state index contributed by atoms with van der Waals surface area (Å²) in [4.78, 5) is 38.2. The summed E-state index contributed by atoms with van der Waals surface area (Å²) in [6.45, 7) is 6.49. The molecule has 0 fully saturated rings. The normalized spacial score (nSPS) is 12.7. The number of ether oxygens (including phenoxy) is 3. The van der Waals surface area contributed by atoms with Crippen molar-refractivity contribution < 1.29 is 28.6 Å². The molecule has 0 bridgehead atoms. The molecular formula is C68H116O6. The predicted octanol–water partition coefficient (Wildman–Crippen LogP) is 21.3. The molecule has 0 rings (SSSR count). The first-order valence-corrected chi connectivity index (χ1v) is 31.2. The quantitative estimate of drug-likeness (QED) is 0.0261. The minimum Gasteiger partial charge on any atom is -0.462 e. The monoisotopic (exact) mass is 1030 g/mol. The molecule has 0 amide bonds. The molecule has 424 valence electrons. The maximum Gasteiger partial charge on any atom is 0.306 e. The number of hydrogen-bond donors (Lipinski definition) is 0. The van der Waals surface area contributed by atoms with E-state index in [-0.39, 0.29) is 31.1 Å². The first kappa shape index (κ1) is 70.3. The number of allylic oxidation sites excluding steroid dienone is 16. The first-order chi connectivity index (χ1) is 36.5. The van der Waals surface area contributed by atoms with Gasteiger partial charge in [0.25, 0.3) is 0 Å². The van der Waals surface area contributed by atoms with E-state index in [1.165, 1.54) is 141 Å². The van der Waals surface area contributed by atoms with Gasteiger partial charge in [-0.2, -0.15) is 0 Å². The number of unbranched alkanes of at least 4 members (excludes halogenated alkanes) is 29. The molecular weight excluding hydrogens is 913 g/mol. The molecule has 74 heavy (non-hydrogen) atoms. The molecule has 6 nitrogen and oxygen atoms in total. The lowest BCUT2D eigenvalue weighted by Crippen LogP contribution is -2.30. The van der Waals surface area contributed by atoms with Gasteiger partial charge in [0, 0.05) is 19.3 Å². The third-order valence-corrected chi connectivity index (χ3v) is 13.3. The summed E-state index contributed by atoms with van der Waals surface area (Å²) in [5.74, 6) is -0.887. The van der Waals surface area contributed by atoms with Crippen LogP contribution in [0.1, 0.15) is 297 Å². The molecule has 6 heteroatoms. The maximum atomic E-state index is 12.8. The molecule has 0 spiro atoms. The molecule has 0 aliphatic carbocycles. The average Bonchev–Trinajstić information content (AvgIpc) is 3.40. The summed E-state index contributed by atoms with van der Waals surface area (Å²) >= 11 is 0. The van der Waals surface area contributed by atoms with Crippen LogP contribution in [0, 0.1) is 0 Å². The highest BCUT2D eigenvalue weighted by Gasteiger charge is 2.19. The Morgan fingerprint density at radius 3 is 0.878 bits per heavy atom. The second kappa shape index (κ2) is 61.9. The molecule has 0 aliphatic rings. The zero-order chi connectivity index (χ0) is 53.6. The van der Waals surface area contributed by atoms with Gasteiger partial charge >= 0.3 is 17.9 Å². The molecule has 0 radical (unpaired) electrons. The Bertz CT molecular complexity index is 1460. The third-order valence-electron chi connectivity index (χ3n) is 13.3. The maximum absolute atomic E-state index is 12.8. The number of carbonyl (C=O) groups is 3. The van der Waals surface area contributed by atoms with Crippen LogP contribution in [0.3, 0.4) is 0 Å². The topological polar surface area (TPSA) is 78.9 Å². The standard InChI is InChI=1S/C68H116O6/c1-4-7-10-13-16-19-22-24-26-27-28-29-30-31-32-33-34-35-36-37-38-39-40-41-42-44-46-49-52-55-58-61-67(70)73-64-65(63-72-66(69)60-57-54-51-48-45-21-18-15-12-9-6-3)74-68(71)62-59-56-53-50-47-43-25-23-20-17-14-11-8-5-2/h7,10,15-16,18-19,24,26,28-29,31-32,34-35,37-38,65H,4-6,8-9,11-14,17,20-23,25,27,30,33,36,39-64H2,1-3H3/b10-7-,18-15-,19-16-,26-24-,29-28-,32-31-,35-34-,38-37-. The second-order valence-corrected chi connectivity index (χ2v) is 20.6. The minimum absolute atomic E-state index is 0.0806. The Kier molecular flexibility index (Phi) is 58.8. The van der Waals surface area contributed by atoms with Gasteiger partial charge in [-0.25, -0.2) is 0 Å². The SMILES string of the molecule is CC/C=C\C/C=C\C/C=C\C/C=C\C/C=C\C/C=C\C/C=C\CCCCCCCCCCCC(=O)OCC(COC(=O)CCCCCCC/C=C\CCCC)OC(=O)CCCCCCCCCCCCCCCC. The Hall–Kier alpha value is -3.67. The van der Waals surface area contributed by atoms with Crippen molar-refractivity contribution in [1.29, 1.82) is 0 Å². The average molecular weight is 1030 g/mol. The van der Waals surface area contributed by atoms with E-state index in [1.807, 2.05) is 0 Å². The van der Waals surface area contributed by atoms with E-state index in [1.54, 1.807) is 0 Å². The summed E-state index contributed by atoms with van der Waals surface area (Å²) in [6.07, 6.45) is 82.7. The smallest absolute Gasteiger partial charge is 0.306 e. The molecule has 0 N–H and O–H groups in total. The molecule has 0 saturated carbocycles. The number of carbonyl (C=O) groups excluding carboxylic acids is 3. The lowest BCUT2D eigenvalue weighted by Gasteiger charge is -2.18. The van der Waals surface area contributed by atoms with Crippen LogP contribution < -0.4 is 0 Å². The Morgan fingerprint density at radius 1 is 0.284 bits per heavy atom.